The fraction of sp³-hybridized carbons (Fsp3) is 0.267. The van der Waals surface area contributed by atoms with Gasteiger partial charge in [-0.2, -0.15) is 13.2 Å². The average molecular weight is 342 g/mol. The summed E-state index contributed by atoms with van der Waals surface area (Å²) in [6.07, 6.45) is -0.138. The van der Waals surface area contributed by atoms with Crippen LogP contribution >= 0.6 is 0 Å². The Labute approximate surface area is 135 Å². The lowest BCUT2D eigenvalue weighted by Gasteiger charge is -2.24. The molecular formula is C15H14F4N4O. The monoisotopic (exact) mass is 342 g/mol. The van der Waals surface area contributed by atoms with Crippen LogP contribution in [-0.4, -0.2) is 22.3 Å². The third-order valence-electron chi connectivity index (χ3n) is 3.57. The Balaban J connectivity index is 1.85. The molecule has 0 saturated carbocycles. The molecule has 0 radical (unpaired) electrons. The summed E-state index contributed by atoms with van der Waals surface area (Å²) < 4.78 is 56.1. The van der Waals surface area contributed by atoms with E-state index in [0.29, 0.717) is 11.1 Å². The number of hydrazine groups is 2. The zero-order valence-corrected chi connectivity index (χ0v) is 12.8. The summed E-state index contributed by atoms with van der Waals surface area (Å²) in [5, 5.41) is 1.79. The van der Waals surface area contributed by atoms with Crippen molar-refractivity contribution in [1.29, 1.82) is 0 Å². The van der Waals surface area contributed by atoms with Crippen molar-refractivity contribution < 1.29 is 22.3 Å². The number of alkyl halides is 3. The standard InChI is InChI=1S/C15H14F4N4O/c1-8-3-10(4-12-7-21-22-23(8)12)11-5-13(16)14(20-6-11)24-9(2)15(17,18)19/h3-7,9,21-22H,1-2H3. The van der Waals surface area contributed by atoms with E-state index in [0.717, 1.165) is 24.4 Å². The number of aromatic nitrogens is 1. The molecule has 1 atom stereocenters. The number of fused-ring (bicyclic) bond motifs is 1. The Hall–Kier alpha value is -2.55. The van der Waals surface area contributed by atoms with Gasteiger partial charge in [-0.15, -0.1) is 5.53 Å². The van der Waals surface area contributed by atoms with Crippen molar-refractivity contribution >= 4 is 5.57 Å². The molecule has 0 aliphatic carbocycles. The topological polar surface area (TPSA) is 49.4 Å². The van der Waals surface area contributed by atoms with Gasteiger partial charge in [-0.3, -0.25) is 5.01 Å². The number of ether oxygens (including phenoxy) is 1. The summed E-state index contributed by atoms with van der Waals surface area (Å²) >= 11 is 0. The lowest BCUT2D eigenvalue weighted by atomic mass is 10.0. The minimum Gasteiger partial charge on any atom is -0.463 e. The maximum absolute atomic E-state index is 14.1. The van der Waals surface area contributed by atoms with Crippen LogP contribution in [0.25, 0.3) is 5.57 Å². The molecule has 1 aromatic rings. The van der Waals surface area contributed by atoms with Gasteiger partial charge in [-0.25, -0.2) is 9.37 Å². The first-order valence-corrected chi connectivity index (χ1v) is 7.06. The normalized spacial score (nSPS) is 18.2. The molecule has 9 heteroatoms. The molecule has 0 saturated heterocycles. The number of allylic oxidation sites excluding steroid dienone is 4. The molecule has 0 spiro atoms. The van der Waals surface area contributed by atoms with Gasteiger partial charge in [0.1, 0.15) is 0 Å². The molecule has 0 bridgehead atoms. The van der Waals surface area contributed by atoms with Crippen LogP contribution in [-0.2, 0) is 0 Å². The van der Waals surface area contributed by atoms with Gasteiger partial charge < -0.3 is 10.2 Å². The first-order valence-electron chi connectivity index (χ1n) is 7.06. The second-order valence-electron chi connectivity index (χ2n) is 5.36. The van der Waals surface area contributed by atoms with Crippen LogP contribution < -0.4 is 15.7 Å². The van der Waals surface area contributed by atoms with Crippen LogP contribution in [0.2, 0.25) is 0 Å². The molecule has 0 fully saturated rings. The maximum atomic E-state index is 14.1. The maximum Gasteiger partial charge on any atom is 0.425 e. The van der Waals surface area contributed by atoms with Gasteiger partial charge in [-0.1, -0.05) is 0 Å². The SMILES string of the molecule is CC1=CC(c2cnc(OC(C)C(F)(F)F)c(F)c2)=CC2=CNNN12. The highest BCUT2D eigenvalue weighted by Crippen LogP contribution is 2.31. The van der Waals surface area contributed by atoms with Crippen molar-refractivity contribution in [2.24, 2.45) is 0 Å². The summed E-state index contributed by atoms with van der Waals surface area (Å²) in [7, 11) is 0. The zero-order chi connectivity index (χ0) is 17.5. The summed E-state index contributed by atoms with van der Waals surface area (Å²) in [5.41, 5.74) is 8.53. The highest BCUT2D eigenvalue weighted by molar-refractivity contribution is 5.78. The Morgan fingerprint density at radius 3 is 2.71 bits per heavy atom. The second-order valence-corrected chi connectivity index (χ2v) is 5.36. The summed E-state index contributed by atoms with van der Waals surface area (Å²) in [4.78, 5) is 3.69. The molecule has 3 heterocycles. The Morgan fingerprint density at radius 1 is 1.29 bits per heavy atom. The van der Waals surface area contributed by atoms with Gasteiger partial charge in [-0.05, 0) is 37.6 Å². The largest absolute Gasteiger partial charge is 0.463 e. The number of halogens is 4. The zero-order valence-electron chi connectivity index (χ0n) is 12.8. The Morgan fingerprint density at radius 2 is 2.04 bits per heavy atom. The third kappa shape index (κ3) is 3.07. The van der Waals surface area contributed by atoms with E-state index < -0.39 is 24.0 Å². The molecule has 2 aliphatic heterocycles. The van der Waals surface area contributed by atoms with Crippen LogP contribution in [0.5, 0.6) is 5.88 Å². The summed E-state index contributed by atoms with van der Waals surface area (Å²) in [6.45, 7) is 2.65. The number of hydrogen-bond donors (Lipinski definition) is 2. The molecule has 3 rings (SSSR count). The van der Waals surface area contributed by atoms with Gasteiger partial charge in [0.15, 0.2) is 11.9 Å². The number of hydrogen-bond acceptors (Lipinski definition) is 5. The summed E-state index contributed by atoms with van der Waals surface area (Å²) in [6, 6.07) is 1.10. The van der Waals surface area contributed by atoms with Crippen molar-refractivity contribution in [1.82, 2.24) is 21.0 Å². The van der Waals surface area contributed by atoms with E-state index in [1.165, 1.54) is 6.20 Å². The molecule has 1 unspecified atom stereocenters. The first-order chi connectivity index (χ1) is 11.3. The van der Waals surface area contributed by atoms with Crippen molar-refractivity contribution in [3.05, 3.63) is 53.4 Å². The van der Waals surface area contributed by atoms with Crippen LogP contribution in [0.1, 0.15) is 19.4 Å². The lowest BCUT2D eigenvalue weighted by Crippen LogP contribution is -2.36. The average Bonchev–Trinajstić information content (AvgIpc) is 2.97. The third-order valence-corrected chi connectivity index (χ3v) is 3.57. The molecule has 2 aliphatic rings. The van der Waals surface area contributed by atoms with Crippen LogP contribution in [0.3, 0.4) is 0 Å². The predicted octanol–water partition coefficient (Wildman–Crippen LogP) is 3.02. The van der Waals surface area contributed by atoms with Crippen LogP contribution in [0.15, 0.2) is 42.0 Å². The van der Waals surface area contributed by atoms with Crippen molar-refractivity contribution in [2.45, 2.75) is 26.1 Å². The highest BCUT2D eigenvalue weighted by atomic mass is 19.4. The summed E-state index contributed by atoms with van der Waals surface area (Å²) in [5.74, 6) is -1.62. The van der Waals surface area contributed by atoms with Gasteiger partial charge in [0.05, 0.1) is 5.70 Å². The number of nitrogens with zero attached hydrogens (tertiary/aromatic N) is 2. The first kappa shape index (κ1) is 16.3. The quantitative estimate of drug-likeness (QED) is 0.827. The molecular weight excluding hydrogens is 328 g/mol. The predicted molar refractivity (Wildman–Crippen MR) is 78.3 cm³/mol. The second kappa shape index (κ2) is 5.82. The van der Waals surface area contributed by atoms with Gasteiger partial charge in [0, 0.05) is 23.7 Å². The number of pyridine rings is 1. The van der Waals surface area contributed by atoms with E-state index in [1.807, 2.05) is 6.92 Å². The highest BCUT2D eigenvalue weighted by Gasteiger charge is 2.38. The number of rotatable bonds is 3. The van der Waals surface area contributed by atoms with Crippen LogP contribution in [0.4, 0.5) is 17.6 Å². The molecule has 0 amide bonds. The molecule has 1 aromatic heterocycles. The minimum absolute atomic E-state index is 0.436. The molecule has 128 valence electrons. The van der Waals surface area contributed by atoms with Gasteiger partial charge in [0.2, 0.25) is 0 Å². The minimum atomic E-state index is -4.59. The lowest BCUT2D eigenvalue weighted by molar-refractivity contribution is -0.190. The van der Waals surface area contributed by atoms with Crippen molar-refractivity contribution in [2.75, 3.05) is 0 Å². The molecule has 24 heavy (non-hydrogen) atoms. The van der Waals surface area contributed by atoms with E-state index in [2.05, 4.69) is 20.7 Å². The van der Waals surface area contributed by atoms with Crippen LogP contribution in [0, 0.1) is 5.82 Å². The molecule has 0 aromatic carbocycles. The fourth-order valence-corrected chi connectivity index (χ4v) is 2.26. The Bertz CT molecular complexity index is 754. The van der Waals surface area contributed by atoms with Crippen molar-refractivity contribution in [3.8, 4) is 5.88 Å². The van der Waals surface area contributed by atoms with E-state index >= 15 is 0 Å². The van der Waals surface area contributed by atoms with Gasteiger partial charge >= 0.3 is 6.18 Å². The number of nitrogens with one attached hydrogen (secondary N) is 2. The smallest absolute Gasteiger partial charge is 0.425 e. The molecule has 5 nitrogen and oxygen atoms in total. The fourth-order valence-electron chi connectivity index (χ4n) is 2.26. The molecule has 2 N–H and O–H groups in total. The van der Waals surface area contributed by atoms with Crippen molar-refractivity contribution in [3.63, 3.8) is 0 Å². The van der Waals surface area contributed by atoms with E-state index in [-0.39, 0.29) is 0 Å². The van der Waals surface area contributed by atoms with Gasteiger partial charge in [0.25, 0.3) is 5.88 Å². The van der Waals surface area contributed by atoms with E-state index in [9.17, 15) is 17.6 Å². The Kier molecular flexibility index (Phi) is 3.96. The van der Waals surface area contributed by atoms with E-state index in [4.69, 9.17) is 0 Å². The van der Waals surface area contributed by atoms with E-state index in [1.54, 1.807) is 23.4 Å².